The second-order valence-electron chi connectivity index (χ2n) is 4.31. The fourth-order valence-electron chi connectivity index (χ4n) is 2.11. The third-order valence-electron chi connectivity index (χ3n) is 3.07. The lowest BCUT2D eigenvalue weighted by molar-refractivity contribution is 0.0566. The Kier molecular flexibility index (Phi) is 3.13. The molecule has 20 heavy (non-hydrogen) atoms. The van der Waals surface area contributed by atoms with Gasteiger partial charge in [0.1, 0.15) is 0 Å². The molecule has 0 unspecified atom stereocenters. The highest BCUT2D eigenvalue weighted by molar-refractivity contribution is 14.1. The van der Waals surface area contributed by atoms with E-state index in [0.717, 1.165) is 3.57 Å². The van der Waals surface area contributed by atoms with Crippen LogP contribution in [-0.2, 0) is 0 Å². The van der Waals surface area contributed by atoms with E-state index < -0.39 is 17.7 Å². The topological polar surface area (TPSA) is 54.5 Å². The molecule has 0 atom stereocenters. The standard InChI is InChI=1S/C15H8INO3/c16-10-6-7-11-12(8-10)15(20)17(14(11)19)13(18)9-4-2-1-3-5-9/h1-8H. The maximum absolute atomic E-state index is 12.3. The Morgan fingerprint density at radius 3 is 2.25 bits per heavy atom. The second-order valence-corrected chi connectivity index (χ2v) is 5.55. The first-order valence-corrected chi connectivity index (χ1v) is 6.95. The van der Waals surface area contributed by atoms with Crippen LogP contribution in [0.25, 0.3) is 0 Å². The van der Waals surface area contributed by atoms with Gasteiger partial charge in [0.25, 0.3) is 17.7 Å². The molecule has 4 nitrogen and oxygen atoms in total. The normalized spacial score (nSPS) is 13.6. The van der Waals surface area contributed by atoms with Gasteiger partial charge < -0.3 is 0 Å². The second kappa shape index (κ2) is 4.82. The first kappa shape index (κ1) is 13.0. The van der Waals surface area contributed by atoms with Crippen LogP contribution in [0.2, 0.25) is 0 Å². The molecule has 0 fully saturated rings. The van der Waals surface area contributed by atoms with Gasteiger partial charge in [0, 0.05) is 9.13 Å². The summed E-state index contributed by atoms with van der Waals surface area (Å²) >= 11 is 2.06. The zero-order valence-electron chi connectivity index (χ0n) is 10.2. The predicted octanol–water partition coefficient (Wildman–Crippen LogP) is 2.73. The van der Waals surface area contributed by atoms with Gasteiger partial charge in [-0.3, -0.25) is 14.4 Å². The Hall–Kier alpha value is -2.02. The molecule has 98 valence electrons. The van der Waals surface area contributed by atoms with Gasteiger partial charge in [-0.1, -0.05) is 18.2 Å². The van der Waals surface area contributed by atoms with Gasteiger partial charge in [-0.15, -0.1) is 0 Å². The van der Waals surface area contributed by atoms with E-state index in [9.17, 15) is 14.4 Å². The van der Waals surface area contributed by atoms with Crippen molar-refractivity contribution in [2.24, 2.45) is 0 Å². The quantitative estimate of drug-likeness (QED) is 0.567. The third-order valence-corrected chi connectivity index (χ3v) is 3.74. The highest BCUT2D eigenvalue weighted by Crippen LogP contribution is 2.26. The van der Waals surface area contributed by atoms with Crippen molar-refractivity contribution in [3.8, 4) is 0 Å². The van der Waals surface area contributed by atoms with Crippen LogP contribution in [-0.4, -0.2) is 22.6 Å². The van der Waals surface area contributed by atoms with Crippen LogP contribution in [0.1, 0.15) is 31.1 Å². The van der Waals surface area contributed by atoms with E-state index in [0.29, 0.717) is 10.5 Å². The average Bonchev–Trinajstić information content (AvgIpc) is 2.71. The molecular weight excluding hydrogens is 369 g/mol. The highest BCUT2D eigenvalue weighted by atomic mass is 127. The van der Waals surface area contributed by atoms with Crippen LogP contribution >= 0.6 is 22.6 Å². The van der Waals surface area contributed by atoms with Gasteiger partial charge in [-0.25, -0.2) is 4.90 Å². The van der Waals surface area contributed by atoms with Crippen molar-refractivity contribution in [1.29, 1.82) is 0 Å². The van der Waals surface area contributed by atoms with Crippen molar-refractivity contribution in [2.75, 3.05) is 0 Å². The van der Waals surface area contributed by atoms with Crippen LogP contribution < -0.4 is 0 Å². The number of imide groups is 3. The molecule has 0 saturated carbocycles. The van der Waals surface area contributed by atoms with Gasteiger partial charge >= 0.3 is 0 Å². The van der Waals surface area contributed by atoms with Crippen molar-refractivity contribution in [3.05, 3.63) is 68.8 Å². The van der Waals surface area contributed by atoms with Crippen molar-refractivity contribution in [1.82, 2.24) is 4.90 Å². The van der Waals surface area contributed by atoms with Crippen LogP contribution in [0.3, 0.4) is 0 Å². The number of hydrogen-bond donors (Lipinski definition) is 0. The predicted molar refractivity (Wildman–Crippen MR) is 80.4 cm³/mol. The number of nitrogens with zero attached hydrogens (tertiary/aromatic N) is 1. The maximum atomic E-state index is 12.3. The van der Waals surface area contributed by atoms with E-state index in [1.807, 2.05) is 0 Å². The molecule has 1 aliphatic heterocycles. The minimum Gasteiger partial charge on any atom is -0.268 e. The molecule has 3 rings (SSSR count). The van der Waals surface area contributed by atoms with E-state index in [4.69, 9.17) is 0 Å². The minimum atomic E-state index is -0.591. The Labute approximate surface area is 128 Å². The number of carbonyl (C=O) groups is 3. The smallest absolute Gasteiger partial charge is 0.268 e. The lowest BCUT2D eigenvalue weighted by atomic mass is 10.1. The van der Waals surface area contributed by atoms with E-state index in [1.54, 1.807) is 48.5 Å². The van der Waals surface area contributed by atoms with Crippen molar-refractivity contribution < 1.29 is 14.4 Å². The molecule has 0 aromatic heterocycles. The summed E-state index contributed by atoms with van der Waals surface area (Å²) in [6.45, 7) is 0. The SMILES string of the molecule is O=C(c1ccccc1)N1C(=O)c2ccc(I)cc2C1=O. The zero-order chi connectivity index (χ0) is 14.3. The molecule has 1 heterocycles. The Morgan fingerprint density at radius 1 is 0.900 bits per heavy atom. The van der Waals surface area contributed by atoms with Crippen LogP contribution in [0.5, 0.6) is 0 Å². The maximum Gasteiger partial charge on any atom is 0.268 e. The molecule has 0 aliphatic carbocycles. The summed E-state index contributed by atoms with van der Waals surface area (Å²) in [5, 5.41) is 0. The molecule has 3 amide bonds. The summed E-state index contributed by atoms with van der Waals surface area (Å²) in [4.78, 5) is 37.5. The van der Waals surface area contributed by atoms with Gasteiger partial charge in [0.2, 0.25) is 0 Å². The first-order valence-electron chi connectivity index (χ1n) is 5.87. The number of carbonyl (C=O) groups excluding carboxylic acids is 3. The number of hydrogen-bond acceptors (Lipinski definition) is 3. The van der Waals surface area contributed by atoms with E-state index in [-0.39, 0.29) is 11.1 Å². The first-order chi connectivity index (χ1) is 9.59. The van der Waals surface area contributed by atoms with Gasteiger partial charge in [-0.2, -0.15) is 0 Å². The Balaban J connectivity index is 2.04. The average molecular weight is 377 g/mol. The lowest BCUT2D eigenvalue weighted by Crippen LogP contribution is -2.36. The van der Waals surface area contributed by atoms with Crippen LogP contribution in [0.15, 0.2) is 48.5 Å². The fraction of sp³-hybridized carbons (Fsp3) is 0. The summed E-state index contributed by atoms with van der Waals surface area (Å²) in [5.74, 6) is -1.71. The molecule has 0 saturated heterocycles. The van der Waals surface area contributed by atoms with Crippen molar-refractivity contribution in [3.63, 3.8) is 0 Å². The van der Waals surface area contributed by atoms with Gasteiger partial charge in [-0.05, 0) is 52.9 Å². The van der Waals surface area contributed by atoms with E-state index in [2.05, 4.69) is 22.6 Å². The Morgan fingerprint density at radius 2 is 1.55 bits per heavy atom. The summed E-state index contributed by atoms with van der Waals surface area (Å²) in [7, 11) is 0. The van der Waals surface area contributed by atoms with Crippen LogP contribution in [0.4, 0.5) is 0 Å². The molecule has 1 aliphatic rings. The number of halogens is 1. The Bertz CT molecular complexity index is 740. The number of fused-ring (bicyclic) bond motifs is 1. The molecule has 0 radical (unpaired) electrons. The van der Waals surface area contributed by atoms with Gasteiger partial charge in [0.05, 0.1) is 11.1 Å². The fourth-order valence-corrected chi connectivity index (χ4v) is 2.60. The van der Waals surface area contributed by atoms with Gasteiger partial charge in [0.15, 0.2) is 0 Å². The summed E-state index contributed by atoms with van der Waals surface area (Å²) in [5.41, 5.74) is 0.877. The molecule has 0 bridgehead atoms. The molecular formula is C15H8INO3. The van der Waals surface area contributed by atoms with Crippen molar-refractivity contribution >= 4 is 40.3 Å². The summed E-state index contributed by atoms with van der Waals surface area (Å²) in [6, 6.07) is 13.2. The molecule has 2 aromatic carbocycles. The van der Waals surface area contributed by atoms with Crippen molar-refractivity contribution in [2.45, 2.75) is 0 Å². The number of amides is 3. The number of rotatable bonds is 1. The molecule has 5 heteroatoms. The largest absolute Gasteiger partial charge is 0.268 e. The van der Waals surface area contributed by atoms with Crippen LogP contribution in [0, 0.1) is 3.57 Å². The third kappa shape index (κ3) is 1.94. The number of benzene rings is 2. The molecule has 0 spiro atoms. The molecule has 2 aromatic rings. The lowest BCUT2D eigenvalue weighted by Gasteiger charge is -2.11. The summed E-state index contributed by atoms with van der Waals surface area (Å²) < 4.78 is 0.844. The molecule has 0 N–H and O–H groups in total. The minimum absolute atomic E-state index is 0.277. The zero-order valence-corrected chi connectivity index (χ0v) is 12.3. The summed E-state index contributed by atoms with van der Waals surface area (Å²) in [6.07, 6.45) is 0. The monoisotopic (exact) mass is 377 g/mol. The highest BCUT2D eigenvalue weighted by Gasteiger charge is 2.40. The van der Waals surface area contributed by atoms with E-state index >= 15 is 0 Å². The van der Waals surface area contributed by atoms with E-state index in [1.165, 1.54) is 0 Å².